The van der Waals surface area contributed by atoms with Crippen molar-refractivity contribution in [3.05, 3.63) is 0 Å². The second-order valence-electron chi connectivity index (χ2n) is 7.04. The van der Waals surface area contributed by atoms with Gasteiger partial charge in [-0.3, -0.25) is 4.99 Å². The van der Waals surface area contributed by atoms with Gasteiger partial charge in [0, 0.05) is 33.2 Å². The van der Waals surface area contributed by atoms with E-state index in [1.165, 1.54) is 25.7 Å². The molecular weight excluding hydrogens is 312 g/mol. The van der Waals surface area contributed by atoms with Crippen molar-refractivity contribution in [1.82, 2.24) is 14.9 Å². The second kappa shape index (κ2) is 9.47. The molecule has 0 radical (unpaired) electrons. The number of nitrogens with one attached hydrogen (secondary N) is 2. The van der Waals surface area contributed by atoms with Crippen molar-refractivity contribution in [2.75, 3.05) is 39.0 Å². The van der Waals surface area contributed by atoms with Gasteiger partial charge in [-0.1, -0.05) is 40.0 Å². The highest BCUT2D eigenvalue weighted by Gasteiger charge is 2.27. The molecule has 1 heterocycles. The van der Waals surface area contributed by atoms with Crippen molar-refractivity contribution in [3.63, 3.8) is 0 Å². The predicted octanol–water partition coefficient (Wildman–Crippen LogP) is 1.79. The van der Waals surface area contributed by atoms with Crippen LogP contribution in [0.15, 0.2) is 4.99 Å². The van der Waals surface area contributed by atoms with Crippen molar-refractivity contribution >= 4 is 16.0 Å². The van der Waals surface area contributed by atoms with Crippen LogP contribution < -0.4 is 10.6 Å². The minimum Gasteiger partial charge on any atom is -0.356 e. The normalized spacial score (nSPS) is 19.0. The molecule has 0 saturated carbocycles. The van der Waals surface area contributed by atoms with Gasteiger partial charge in [-0.25, -0.2) is 12.7 Å². The van der Waals surface area contributed by atoms with Gasteiger partial charge in [0.2, 0.25) is 10.0 Å². The van der Waals surface area contributed by atoms with Crippen molar-refractivity contribution in [2.45, 2.75) is 52.9 Å². The lowest BCUT2D eigenvalue weighted by Crippen LogP contribution is -2.44. The average molecular weight is 347 g/mol. The van der Waals surface area contributed by atoms with Crippen molar-refractivity contribution < 1.29 is 8.42 Å². The van der Waals surface area contributed by atoms with E-state index in [0.29, 0.717) is 19.6 Å². The third kappa shape index (κ3) is 7.52. The summed E-state index contributed by atoms with van der Waals surface area (Å²) in [5, 5.41) is 6.56. The fraction of sp³-hybridized carbons (Fsp3) is 0.938. The first-order valence-corrected chi connectivity index (χ1v) is 10.3. The SMILES string of the molecule is CCCCCC(C)(C)CNC(=NC)NCCN1CCCS1(=O)=O. The number of hydrogen-bond donors (Lipinski definition) is 2. The van der Waals surface area contributed by atoms with Crippen LogP contribution in [0.3, 0.4) is 0 Å². The molecule has 7 heteroatoms. The van der Waals surface area contributed by atoms with Crippen LogP contribution in [0.4, 0.5) is 0 Å². The van der Waals surface area contributed by atoms with Gasteiger partial charge < -0.3 is 10.6 Å². The number of sulfonamides is 1. The first-order chi connectivity index (χ1) is 10.8. The number of rotatable bonds is 9. The minimum absolute atomic E-state index is 0.227. The van der Waals surface area contributed by atoms with Crippen LogP contribution in [0.5, 0.6) is 0 Å². The Bertz CT molecular complexity index is 474. The fourth-order valence-corrected chi connectivity index (χ4v) is 4.26. The van der Waals surface area contributed by atoms with Gasteiger partial charge in [0.05, 0.1) is 5.75 Å². The van der Waals surface area contributed by atoms with E-state index in [1.807, 2.05) is 0 Å². The Morgan fingerprint density at radius 1 is 1.26 bits per heavy atom. The smallest absolute Gasteiger partial charge is 0.214 e. The Balaban J connectivity index is 2.29. The molecule has 0 aromatic heterocycles. The Morgan fingerprint density at radius 3 is 2.57 bits per heavy atom. The molecule has 0 aromatic carbocycles. The maximum absolute atomic E-state index is 11.7. The first-order valence-electron chi connectivity index (χ1n) is 8.73. The molecule has 1 rings (SSSR count). The summed E-state index contributed by atoms with van der Waals surface area (Å²) in [6.07, 6.45) is 5.70. The van der Waals surface area contributed by atoms with E-state index in [4.69, 9.17) is 0 Å². The van der Waals surface area contributed by atoms with Crippen LogP contribution in [0, 0.1) is 5.41 Å². The quantitative estimate of drug-likeness (QED) is 0.379. The second-order valence-corrected chi connectivity index (χ2v) is 9.13. The topological polar surface area (TPSA) is 73.8 Å². The number of guanidine groups is 1. The predicted molar refractivity (Wildman–Crippen MR) is 97.3 cm³/mol. The summed E-state index contributed by atoms with van der Waals surface area (Å²) in [7, 11) is -1.26. The zero-order chi connectivity index (χ0) is 17.3. The van der Waals surface area contributed by atoms with Crippen LogP contribution >= 0.6 is 0 Å². The number of unbranched alkanes of at least 4 members (excludes halogenated alkanes) is 2. The highest BCUT2D eigenvalue weighted by Crippen LogP contribution is 2.22. The van der Waals surface area contributed by atoms with Crippen LogP contribution in [0.1, 0.15) is 52.9 Å². The van der Waals surface area contributed by atoms with Gasteiger partial charge in [-0.15, -0.1) is 0 Å². The Hall–Kier alpha value is -0.820. The van der Waals surface area contributed by atoms with E-state index >= 15 is 0 Å². The highest BCUT2D eigenvalue weighted by molar-refractivity contribution is 7.89. The highest BCUT2D eigenvalue weighted by atomic mass is 32.2. The van der Waals surface area contributed by atoms with E-state index in [-0.39, 0.29) is 11.2 Å². The molecule has 0 spiro atoms. The molecule has 0 bridgehead atoms. The Morgan fingerprint density at radius 2 is 2.00 bits per heavy atom. The Kier molecular flexibility index (Phi) is 8.33. The Labute approximate surface area is 142 Å². The molecule has 1 fully saturated rings. The molecular formula is C16H34N4O2S. The third-order valence-corrected chi connectivity index (χ3v) is 6.23. The lowest BCUT2D eigenvalue weighted by Gasteiger charge is -2.26. The minimum atomic E-state index is -3.01. The maximum Gasteiger partial charge on any atom is 0.214 e. The maximum atomic E-state index is 11.7. The third-order valence-electron chi connectivity index (χ3n) is 4.27. The monoisotopic (exact) mass is 346 g/mol. The molecule has 136 valence electrons. The molecule has 0 amide bonds. The molecule has 23 heavy (non-hydrogen) atoms. The van der Waals surface area contributed by atoms with Gasteiger partial charge in [0.15, 0.2) is 5.96 Å². The van der Waals surface area contributed by atoms with Crippen molar-refractivity contribution in [2.24, 2.45) is 10.4 Å². The van der Waals surface area contributed by atoms with E-state index in [0.717, 1.165) is 18.9 Å². The van der Waals surface area contributed by atoms with Crippen LogP contribution in [-0.4, -0.2) is 57.7 Å². The average Bonchev–Trinajstić information content (AvgIpc) is 2.81. The van der Waals surface area contributed by atoms with Crippen LogP contribution in [0.25, 0.3) is 0 Å². The van der Waals surface area contributed by atoms with Gasteiger partial charge in [0.1, 0.15) is 0 Å². The van der Waals surface area contributed by atoms with Crippen LogP contribution in [0.2, 0.25) is 0 Å². The summed E-state index contributed by atoms with van der Waals surface area (Å²) in [6, 6.07) is 0. The molecule has 0 aromatic rings. The van der Waals surface area contributed by atoms with Gasteiger partial charge in [-0.2, -0.15) is 0 Å². The zero-order valence-electron chi connectivity index (χ0n) is 15.2. The lowest BCUT2D eigenvalue weighted by molar-refractivity contribution is 0.318. The van der Waals surface area contributed by atoms with Crippen LogP contribution in [-0.2, 0) is 10.0 Å². The molecule has 0 unspecified atom stereocenters. The van der Waals surface area contributed by atoms with E-state index in [9.17, 15) is 8.42 Å². The van der Waals surface area contributed by atoms with Gasteiger partial charge in [-0.05, 0) is 18.3 Å². The molecule has 1 saturated heterocycles. The van der Waals surface area contributed by atoms with Gasteiger partial charge >= 0.3 is 0 Å². The zero-order valence-corrected chi connectivity index (χ0v) is 16.0. The summed E-state index contributed by atoms with van der Waals surface area (Å²) in [5.74, 6) is 1.02. The summed E-state index contributed by atoms with van der Waals surface area (Å²) in [5.41, 5.74) is 0.227. The lowest BCUT2D eigenvalue weighted by atomic mass is 9.87. The fourth-order valence-electron chi connectivity index (χ4n) is 2.73. The standard InChI is InChI=1S/C16H34N4O2S/c1-5-6-7-9-16(2,3)14-19-15(17-4)18-10-12-20-11-8-13-23(20,21)22/h5-14H2,1-4H3,(H2,17,18,19). The van der Waals surface area contributed by atoms with Crippen molar-refractivity contribution in [3.8, 4) is 0 Å². The number of nitrogens with zero attached hydrogens (tertiary/aromatic N) is 2. The molecule has 0 atom stereocenters. The van der Waals surface area contributed by atoms with E-state index in [1.54, 1.807) is 11.4 Å². The summed E-state index contributed by atoms with van der Waals surface area (Å²) >= 11 is 0. The largest absolute Gasteiger partial charge is 0.356 e. The molecule has 0 aliphatic carbocycles. The molecule has 1 aliphatic heterocycles. The number of hydrogen-bond acceptors (Lipinski definition) is 3. The summed E-state index contributed by atoms with van der Waals surface area (Å²) in [6.45, 7) is 9.33. The van der Waals surface area contributed by atoms with Gasteiger partial charge in [0.25, 0.3) is 0 Å². The molecule has 2 N–H and O–H groups in total. The van der Waals surface area contributed by atoms with E-state index in [2.05, 4.69) is 36.4 Å². The summed E-state index contributed by atoms with van der Waals surface area (Å²) < 4.78 is 25.0. The van der Waals surface area contributed by atoms with Crippen molar-refractivity contribution in [1.29, 1.82) is 0 Å². The number of aliphatic imine (C=N–C) groups is 1. The molecule has 1 aliphatic rings. The summed E-state index contributed by atoms with van der Waals surface area (Å²) in [4.78, 5) is 4.21. The molecule has 6 nitrogen and oxygen atoms in total. The van der Waals surface area contributed by atoms with E-state index < -0.39 is 10.0 Å². The first kappa shape index (κ1) is 20.2.